The Balaban J connectivity index is 0.000000167. The topological polar surface area (TPSA) is 179 Å². The summed E-state index contributed by atoms with van der Waals surface area (Å²) in [4.78, 5) is 31.2. The van der Waals surface area contributed by atoms with Crippen LogP contribution in [0.5, 0.6) is 74.7 Å². The van der Waals surface area contributed by atoms with E-state index in [9.17, 15) is 9.59 Å². The van der Waals surface area contributed by atoms with Gasteiger partial charge in [0.05, 0.1) is 61.9 Å². The number of benzene rings is 6. The Kier molecular flexibility index (Phi) is 14.3. The van der Waals surface area contributed by atoms with E-state index in [1.165, 1.54) is 7.11 Å². The van der Waals surface area contributed by atoms with Crippen molar-refractivity contribution in [3.05, 3.63) is 134 Å². The number of likely N-dealkylation sites (N-methyl/N-ethyl adjacent to an activating group) is 2. The van der Waals surface area contributed by atoms with E-state index in [4.69, 9.17) is 71.1 Å². The maximum Gasteiger partial charge on any atom is 0.343 e. The highest BCUT2D eigenvalue weighted by atomic mass is 16.7. The highest BCUT2D eigenvalue weighted by Crippen LogP contribution is 2.58. The fourth-order valence-electron chi connectivity index (χ4n) is 11.4. The Morgan fingerprint density at radius 1 is 0.474 bits per heavy atom. The molecule has 19 heteroatoms. The second-order valence-electron chi connectivity index (χ2n) is 19.2. The van der Waals surface area contributed by atoms with Crippen LogP contribution in [0.1, 0.15) is 89.5 Å². The van der Waals surface area contributed by atoms with E-state index in [1.807, 2.05) is 74.8 Å². The van der Waals surface area contributed by atoms with Gasteiger partial charge in [-0.2, -0.15) is 0 Å². The predicted octanol–water partition coefficient (Wildman–Crippen LogP) is 8.93. The van der Waals surface area contributed by atoms with Crippen molar-refractivity contribution in [1.29, 1.82) is 0 Å². The summed E-state index contributed by atoms with van der Waals surface area (Å²) in [6.07, 6.45) is 0.418. The molecule has 0 N–H and O–H groups in total. The average molecular weight is 1070 g/mol. The average Bonchev–Trinajstić information content (AvgIpc) is 4.44. The van der Waals surface area contributed by atoms with E-state index >= 15 is 0 Å². The zero-order valence-electron chi connectivity index (χ0n) is 44.8. The first-order valence-electron chi connectivity index (χ1n) is 25.4. The summed E-state index contributed by atoms with van der Waals surface area (Å²) in [6.45, 7) is 2.23. The second kappa shape index (κ2) is 21.5. The number of cyclic esters (lactones) is 2. The van der Waals surface area contributed by atoms with Crippen molar-refractivity contribution in [2.75, 3.05) is 90.5 Å². The number of nitrogens with zero attached hydrogens (tertiary/aromatic N) is 2. The molecule has 6 heterocycles. The minimum absolute atomic E-state index is 0.102. The van der Waals surface area contributed by atoms with Gasteiger partial charge in [0.15, 0.2) is 57.5 Å². The van der Waals surface area contributed by atoms with Gasteiger partial charge in [-0.3, -0.25) is 9.80 Å². The lowest BCUT2D eigenvalue weighted by Gasteiger charge is -2.38. The molecule has 2 unspecified atom stereocenters. The highest BCUT2D eigenvalue weighted by Gasteiger charge is 2.48. The van der Waals surface area contributed by atoms with Crippen LogP contribution in [0.25, 0.3) is 0 Å². The third-order valence-corrected chi connectivity index (χ3v) is 15.0. The van der Waals surface area contributed by atoms with Crippen molar-refractivity contribution < 1.29 is 80.6 Å². The molecule has 19 nitrogen and oxygen atoms in total. The Hall–Kier alpha value is -8.42. The van der Waals surface area contributed by atoms with Gasteiger partial charge in [-0.05, 0) is 85.6 Å². The molecule has 0 bridgehead atoms. The fourth-order valence-corrected chi connectivity index (χ4v) is 11.4. The van der Waals surface area contributed by atoms with Crippen molar-refractivity contribution >= 4 is 11.9 Å². The van der Waals surface area contributed by atoms with Gasteiger partial charge in [-0.1, -0.05) is 42.5 Å². The molecule has 0 saturated carbocycles. The van der Waals surface area contributed by atoms with Crippen LogP contribution >= 0.6 is 0 Å². The third-order valence-electron chi connectivity index (χ3n) is 15.0. The highest BCUT2D eigenvalue weighted by molar-refractivity contribution is 5.99. The van der Waals surface area contributed by atoms with Crippen LogP contribution in [-0.2, 0) is 35.5 Å². The van der Waals surface area contributed by atoms with Crippen LogP contribution in [0, 0.1) is 0 Å². The van der Waals surface area contributed by atoms with Crippen LogP contribution < -0.4 is 61.6 Å². The lowest BCUT2D eigenvalue weighted by Crippen LogP contribution is -2.36. The van der Waals surface area contributed by atoms with E-state index in [2.05, 4.69) is 9.80 Å². The van der Waals surface area contributed by atoms with Crippen molar-refractivity contribution in [3.63, 3.8) is 0 Å². The minimum Gasteiger partial charge on any atom is -0.493 e. The number of rotatable bonds is 15. The molecular formula is C59H60N2O17. The van der Waals surface area contributed by atoms with Crippen molar-refractivity contribution in [3.8, 4) is 74.7 Å². The van der Waals surface area contributed by atoms with E-state index in [1.54, 1.807) is 60.9 Å². The first-order valence-corrected chi connectivity index (χ1v) is 25.4. The second-order valence-corrected chi connectivity index (χ2v) is 19.2. The van der Waals surface area contributed by atoms with Crippen LogP contribution in [0.15, 0.2) is 78.9 Å². The molecule has 6 aromatic rings. The van der Waals surface area contributed by atoms with Gasteiger partial charge in [0.25, 0.3) is 0 Å². The van der Waals surface area contributed by atoms with Gasteiger partial charge in [-0.15, -0.1) is 0 Å². The van der Waals surface area contributed by atoms with Gasteiger partial charge in [0, 0.05) is 35.3 Å². The van der Waals surface area contributed by atoms with Gasteiger partial charge < -0.3 is 71.1 Å². The molecule has 0 spiro atoms. The molecule has 408 valence electrons. The van der Waals surface area contributed by atoms with Crippen molar-refractivity contribution in [2.24, 2.45) is 0 Å². The van der Waals surface area contributed by atoms with Crippen LogP contribution in [0.3, 0.4) is 0 Å². The summed E-state index contributed by atoms with van der Waals surface area (Å²) >= 11 is 0. The largest absolute Gasteiger partial charge is 0.493 e. The molecule has 6 aliphatic rings. The standard InChI is InChI=1S/C31H33NO10.C28H27NO7/c1-32-10-9-17-13-22-29(41-15-40-22)30(38-6)23(17)25(32)26-18-7-8-19(34-2)28(24(18)31(33)42-26)39-14-16-11-20(35-3)27(37-5)21(12-16)36-4;1-29-12-11-17-13-20-26(35-15-34-20)27(32-3)21(17)23(29)24-18-9-10-19(31-2)25(22(18)28(30)36-24)33-14-16-7-5-4-6-8-16/h7-8,11-13,25-26H,9-10,14-15H2,1-6H3;4-10,13,23-24H,11-12,14-15H2,1-3H3/t25-,26?;23-,24?/m11/s1. The normalized spacial score (nSPS) is 19.2. The Morgan fingerprint density at radius 3 is 1.33 bits per heavy atom. The molecule has 78 heavy (non-hydrogen) atoms. The molecule has 6 aromatic carbocycles. The molecule has 0 fully saturated rings. The maximum absolute atomic E-state index is 13.6. The van der Waals surface area contributed by atoms with Gasteiger partial charge in [0.1, 0.15) is 36.5 Å². The first-order chi connectivity index (χ1) is 38.0. The number of methoxy groups -OCH3 is 7. The van der Waals surface area contributed by atoms with E-state index < -0.39 is 24.1 Å². The number of esters is 2. The molecule has 6 aliphatic heterocycles. The molecule has 12 rings (SSSR count). The van der Waals surface area contributed by atoms with E-state index in [-0.39, 0.29) is 32.3 Å². The lowest BCUT2D eigenvalue weighted by molar-refractivity contribution is 0.00803. The SMILES string of the molecule is COc1cc(COc2c(OC)ccc3c2C(=O)OC3[C@H]2c3c(cc4c(c3OC)OCO4)CCN2C)cc(OC)c1OC.COc1ccc2c(c1OCc1ccccc1)C(=O)OC2[C@H]1c2c(cc3c(c2OC)OCO3)CCN1C. The number of ether oxygens (including phenoxy) is 15. The van der Waals surface area contributed by atoms with Gasteiger partial charge in [0.2, 0.25) is 30.8 Å². The predicted molar refractivity (Wildman–Crippen MR) is 280 cm³/mol. The van der Waals surface area contributed by atoms with Gasteiger partial charge >= 0.3 is 11.9 Å². The lowest BCUT2D eigenvalue weighted by atomic mass is 9.85. The number of hydrogen-bond donors (Lipinski definition) is 0. The number of hydrogen-bond acceptors (Lipinski definition) is 19. The number of fused-ring (bicyclic) bond motifs is 6. The molecular weight excluding hydrogens is 1010 g/mol. The minimum atomic E-state index is -0.625. The molecule has 0 radical (unpaired) electrons. The summed E-state index contributed by atoms with van der Waals surface area (Å²) < 4.78 is 86.7. The van der Waals surface area contributed by atoms with E-state index in [0.29, 0.717) is 98.0 Å². The smallest absolute Gasteiger partial charge is 0.343 e. The van der Waals surface area contributed by atoms with Crippen molar-refractivity contribution in [2.45, 2.75) is 50.3 Å². The quantitative estimate of drug-likeness (QED) is 0.0889. The van der Waals surface area contributed by atoms with Crippen LogP contribution in [-0.4, -0.2) is 112 Å². The van der Waals surface area contributed by atoms with Crippen LogP contribution in [0.4, 0.5) is 0 Å². The summed E-state index contributed by atoms with van der Waals surface area (Å²) in [7, 11) is 15.0. The zero-order chi connectivity index (χ0) is 54.4. The fraction of sp³-hybridized carbons (Fsp3) is 0.356. The monoisotopic (exact) mass is 1070 g/mol. The molecule has 0 amide bonds. The van der Waals surface area contributed by atoms with Crippen molar-refractivity contribution in [1.82, 2.24) is 9.80 Å². The summed E-state index contributed by atoms with van der Waals surface area (Å²) in [6, 6.07) is 24.2. The zero-order valence-corrected chi connectivity index (χ0v) is 44.8. The van der Waals surface area contributed by atoms with E-state index in [0.717, 1.165) is 64.9 Å². The number of carbonyl (C=O) groups excluding carboxylic acids is 2. The first kappa shape index (κ1) is 51.7. The molecule has 0 aliphatic carbocycles. The maximum atomic E-state index is 13.6. The van der Waals surface area contributed by atoms with Crippen LogP contribution in [0.2, 0.25) is 0 Å². The molecule has 4 atom stereocenters. The Labute approximate surface area is 451 Å². The Bertz CT molecular complexity index is 3270. The summed E-state index contributed by atoms with van der Waals surface area (Å²) in [5.74, 6) is 5.82. The summed E-state index contributed by atoms with van der Waals surface area (Å²) in [5.41, 5.74) is 7.94. The number of carbonyl (C=O) groups is 2. The summed E-state index contributed by atoms with van der Waals surface area (Å²) in [5, 5.41) is 0. The van der Waals surface area contributed by atoms with Gasteiger partial charge in [-0.25, -0.2) is 9.59 Å². The molecule has 0 aromatic heterocycles. The third kappa shape index (κ3) is 8.89. The Morgan fingerprint density at radius 2 is 0.910 bits per heavy atom. The molecule has 0 saturated heterocycles.